The van der Waals surface area contributed by atoms with E-state index >= 15 is 0 Å². The number of hydrogen-bond acceptors (Lipinski definition) is 4. The van der Waals surface area contributed by atoms with Crippen LogP contribution in [-0.2, 0) is 4.74 Å². The molecule has 2 heterocycles. The van der Waals surface area contributed by atoms with Gasteiger partial charge in [0.15, 0.2) is 0 Å². The van der Waals surface area contributed by atoms with Crippen LogP contribution in [0.1, 0.15) is 19.8 Å². The molecule has 1 N–H and O–H groups in total. The summed E-state index contributed by atoms with van der Waals surface area (Å²) in [5.74, 6) is 0. The predicted octanol–water partition coefficient (Wildman–Crippen LogP) is 0.164. The third-order valence-corrected chi connectivity index (χ3v) is 3.71. The third-order valence-electron chi connectivity index (χ3n) is 3.71. The van der Waals surface area contributed by atoms with Gasteiger partial charge in [-0.2, -0.15) is 0 Å². The Morgan fingerprint density at radius 3 is 2.62 bits per heavy atom. The summed E-state index contributed by atoms with van der Waals surface area (Å²) in [5.41, 5.74) is 0. The first kappa shape index (κ1) is 12.3. The Labute approximate surface area is 98.2 Å². The van der Waals surface area contributed by atoms with Crippen LogP contribution in [0, 0.1) is 0 Å². The quantitative estimate of drug-likeness (QED) is 0.747. The SMILES string of the molecule is CCCN1CCN(C2COCCC2O)CC1. The maximum absolute atomic E-state index is 9.96. The van der Waals surface area contributed by atoms with Crippen molar-refractivity contribution in [2.24, 2.45) is 0 Å². The van der Waals surface area contributed by atoms with E-state index < -0.39 is 0 Å². The van der Waals surface area contributed by atoms with Crippen molar-refractivity contribution in [2.45, 2.75) is 31.9 Å². The number of rotatable bonds is 3. The van der Waals surface area contributed by atoms with Crippen LogP contribution < -0.4 is 0 Å². The molecular formula is C12H24N2O2. The molecule has 0 aromatic heterocycles. The van der Waals surface area contributed by atoms with Gasteiger partial charge in [-0.15, -0.1) is 0 Å². The van der Waals surface area contributed by atoms with Gasteiger partial charge < -0.3 is 14.7 Å². The van der Waals surface area contributed by atoms with Crippen LogP contribution in [0.4, 0.5) is 0 Å². The maximum atomic E-state index is 9.96. The number of aliphatic hydroxyl groups excluding tert-OH is 1. The monoisotopic (exact) mass is 228 g/mol. The second-order valence-corrected chi connectivity index (χ2v) is 4.88. The Bertz CT molecular complexity index is 205. The van der Waals surface area contributed by atoms with Crippen LogP contribution in [0.3, 0.4) is 0 Å². The molecule has 0 amide bonds. The lowest BCUT2D eigenvalue weighted by atomic mass is 10.0. The number of ether oxygens (including phenoxy) is 1. The van der Waals surface area contributed by atoms with E-state index in [2.05, 4.69) is 16.7 Å². The Balaban J connectivity index is 1.79. The maximum Gasteiger partial charge on any atom is 0.0739 e. The van der Waals surface area contributed by atoms with Gasteiger partial charge in [0.2, 0.25) is 0 Å². The van der Waals surface area contributed by atoms with Crippen molar-refractivity contribution in [3.8, 4) is 0 Å². The highest BCUT2D eigenvalue weighted by Gasteiger charge is 2.31. The van der Waals surface area contributed by atoms with E-state index in [4.69, 9.17) is 4.74 Å². The van der Waals surface area contributed by atoms with Crippen LogP contribution in [-0.4, -0.2) is 73.0 Å². The highest BCUT2D eigenvalue weighted by atomic mass is 16.5. The molecule has 0 aromatic carbocycles. The van der Waals surface area contributed by atoms with Gasteiger partial charge in [0.05, 0.1) is 18.8 Å². The molecule has 4 heteroatoms. The predicted molar refractivity (Wildman–Crippen MR) is 63.5 cm³/mol. The van der Waals surface area contributed by atoms with E-state index in [0.29, 0.717) is 13.2 Å². The van der Waals surface area contributed by atoms with E-state index in [1.165, 1.54) is 13.0 Å². The summed E-state index contributed by atoms with van der Waals surface area (Å²) >= 11 is 0. The fourth-order valence-electron chi connectivity index (χ4n) is 2.70. The molecule has 2 aliphatic heterocycles. The lowest BCUT2D eigenvalue weighted by Crippen LogP contribution is -2.56. The van der Waals surface area contributed by atoms with E-state index in [1.807, 2.05) is 0 Å². The summed E-state index contributed by atoms with van der Waals surface area (Å²) in [7, 11) is 0. The smallest absolute Gasteiger partial charge is 0.0739 e. The molecule has 4 nitrogen and oxygen atoms in total. The molecule has 2 saturated heterocycles. The molecule has 16 heavy (non-hydrogen) atoms. The molecule has 2 rings (SSSR count). The zero-order valence-corrected chi connectivity index (χ0v) is 10.3. The van der Waals surface area contributed by atoms with Crippen LogP contribution in [0.5, 0.6) is 0 Å². The van der Waals surface area contributed by atoms with Crippen LogP contribution >= 0.6 is 0 Å². The summed E-state index contributed by atoms with van der Waals surface area (Å²) in [6, 6.07) is 0.234. The largest absolute Gasteiger partial charge is 0.391 e. The zero-order chi connectivity index (χ0) is 11.4. The van der Waals surface area contributed by atoms with Crippen LogP contribution in [0.15, 0.2) is 0 Å². The summed E-state index contributed by atoms with van der Waals surface area (Å²) in [6.07, 6.45) is 1.83. The second kappa shape index (κ2) is 5.96. The molecule has 94 valence electrons. The highest BCUT2D eigenvalue weighted by Crippen LogP contribution is 2.16. The topological polar surface area (TPSA) is 35.9 Å². The summed E-state index contributed by atoms with van der Waals surface area (Å²) in [4.78, 5) is 4.91. The van der Waals surface area contributed by atoms with Crippen molar-refractivity contribution in [3.63, 3.8) is 0 Å². The number of nitrogens with zero attached hydrogens (tertiary/aromatic N) is 2. The zero-order valence-electron chi connectivity index (χ0n) is 10.3. The Hall–Kier alpha value is -0.160. The molecule has 2 aliphatic rings. The summed E-state index contributed by atoms with van der Waals surface area (Å²) in [5, 5.41) is 9.96. The first-order chi connectivity index (χ1) is 7.81. The van der Waals surface area contributed by atoms with Crippen molar-refractivity contribution >= 4 is 0 Å². The van der Waals surface area contributed by atoms with Gasteiger partial charge in [-0.05, 0) is 19.4 Å². The number of hydrogen-bond donors (Lipinski definition) is 1. The molecule has 0 bridgehead atoms. The van der Waals surface area contributed by atoms with Crippen molar-refractivity contribution < 1.29 is 9.84 Å². The lowest BCUT2D eigenvalue weighted by Gasteiger charge is -2.42. The van der Waals surface area contributed by atoms with Crippen LogP contribution in [0.2, 0.25) is 0 Å². The fraction of sp³-hybridized carbons (Fsp3) is 1.00. The summed E-state index contributed by atoms with van der Waals surface area (Å²) < 4.78 is 5.46. The Morgan fingerprint density at radius 2 is 2.00 bits per heavy atom. The van der Waals surface area contributed by atoms with Gasteiger partial charge in [0, 0.05) is 32.8 Å². The van der Waals surface area contributed by atoms with Crippen molar-refractivity contribution in [3.05, 3.63) is 0 Å². The van der Waals surface area contributed by atoms with Crippen molar-refractivity contribution in [2.75, 3.05) is 45.9 Å². The minimum Gasteiger partial charge on any atom is -0.391 e. The van der Waals surface area contributed by atoms with Gasteiger partial charge in [-0.3, -0.25) is 4.90 Å². The molecule has 0 aromatic rings. The minimum absolute atomic E-state index is 0.188. The standard InChI is InChI=1S/C12H24N2O2/c1-2-4-13-5-7-14(8-6-13)11-10-16-9-3-12(11)15/h11-12,15H,2-10H2,1H3. The first-order valence-corrected chi connectivity index (χ1v) is 6.53. The number of piperazine rings is 1. The van der Waals surface area contributed by atoms with Gasteiger partial charge in [0.1, 0.15) is 0 Å². The number of aliphatic hydroxyl groups is 1. The molecule has 2 atom stereocenters. The first-order valence-electron chi connectivity index (χ1n) is 6.53. The minimum atomic E-state index is -0.188. The van der Waals surface area contributed by atoms with E-state index in [0.717, 1.165) is 32.6 Å². The molecule has 2 fully saturated rings. The van der Waals surface area contributed by atoms with Gasteiger partial charge in [0.25, 0.3) is 0 Å². The van der Waals surface area contributed by atoms with Gasteiger partial charge in [-0.1, -0.05) is 6.92 Å². The third kappa shape index (κ3) is 2.94. The average Bonchev–Trinajstić information content (AvgIpc) is 2.31. The summed E-state index contributed by atoms with van der Waals surface area (Å²) in [6.45, 7) is 9.27. The molecule has 0 saturated carbocycles. The molecular weight excluding hydrogens is 204 g/mol. The van der Waals surface area contributed by atoms with Gasteiger partial charge >= 0.3 is 0 Å². The highest BCUT2D eigenvalue weighted by molar-refractivity contribution is 4.85. The Kier molecular flexibility index (Phi) is 4.58. The molecule has 2 unspecified atom stereocenters. The second-order valence-electron chi connectivity index (χ2n) is 4.88. The van der Waals surface area contributed by atoms with Gasteiger partial charge in [-0.25, -0.2) is 0 Å². The fourth-order valence-corrected chi connectivity index (χ4v) is 2.70. The van der Waals surface area contributed by atoms with E-state index in [-0.39, 0.29) is 12.1 Å². The molecule has 0 aliphatic carbocycles. The van der Waals surface area contributed by atoms with E-state index in [9.17, 15) is 5.11 Å². The molecule has 0 spiro atoms. The van der Waals surface area contributed by atoms with Crippen molar-refractivity contribution in [1.82, 2.24) is 9.80 Å². The van der Waals surface area contributed by atoms with Crippen molar-refractivity contribution in [1.29, 1.82) is 0 Å². The Morgan fingerprint density at radius 1 is 1.25 bits per heavy atom. The molecule has 0 radical (unpaired) electrons. The van der Waals surface area contributed by atoms with E-state index in [1.54, 1.807) is 0 Å². The average molecular weight is 228 g/mol. The normalized spacial score (nSPS) is 34.1. The van der Waals surface area contributed by atoms with Crippen LogP contribution in [0.25, 0.3) is 0 Å². The lowest BCUT2D eigenvalue weighted by molar-refractivity contribution is -0.0715.